The predicted molar refractivity (Wildman–Crippen MR) is 72.7 cm³/mol. The molecule has 1 fully saturated rings. The molecule has 1 aliphatic carbocycles. The first-order valence-electron chi connectivity index (χ1n) is 7.47. The van der Waals surface area contributed by atoms with Gasteiger partial charge in [0.1, 0.15) is 0 Å². The van der Waals surface area contributed by atoms with E-state index in [1.807, 2.05) is 0 Å². The van der Waals surface area contributed by atoms with Crippen LogP contribution in [0.15, 0.2) is 0 Å². The van der Waals surface area contributed by atoms with E-state index in [9.17, 15) is 0 Å². The van der Waals surface area contributed by atoms with E-state index in [2.05, 4.69) is 26.1 Å². The molecule has 0 aliphatic heterocycles. The molecule has 0 aromatic heterocycles. The molecule has 1 N–H and O–H groups in total. The van der Waals surface area contributed by atoms with Gasteiger partial charge in [-0.25, -0.2) is 0 Å². The average Bonchev–Trinajstić information content (AvgIpc) is 3.05. The monoisotopic (exact) mass is 225 g/mol. The quantitative estimate of drug-likeness (QED) is 0.544. The molecule has 0 bridgehead atoms. The van der Waals surface area contributed by atoms with Crippen molar-refractivity contribution >= 4 is 0 Å². The highest BCUT2D eigenvalue weighted by molar-refractivity contribution is 4.85. The van der Waals surface area contributed by atoms with Crippen molar-refractivity contribution in [3.8, 4) is 0 Å². The topological polar surface area (TPSA) is 12.0 Å². The van der Waals surface area contributed by atoms with Gasteiger partial charge in [0.15, 0.2) is 0 Å². The summed E-state index contributed by atoms with van der Waals surface area (Å²) in [5, 5.41) is 3.73. The molecule has 1 unspecified atom stereocenters. The first-order valence-corrected chi connectivity index (χ1v) is 7.47. The molecule has 1 atom stereocenters. The fraction of sp³-hybridized carbons (Fsp3) is 1.00. The molecule has 1 saturated carbocycles. The molecule has 0 amide bonds. The van der Waals surface area contributed by atoms with E-state index in [-0.39, 0.29) is 0 Å². The summed E-state index contributed by atoms with van der Waals surface area (Å²) in [6.07, 6.45) is 11.3. The SMILES string of the molecule is CCC(NCCCCCCC(C)C)C1CC1. The molecular formula is C15H31N. The molecule has 1 aliphatic rings. The summed E-state index contributed by atoms with van der Waals surface area (Å²) in [4.78, 5) is 0. The van der Waals surface area contributed by atoms with Crippen LogP contribution in [-0.4, -0.2) is 12.6 Å². The van der Waals surface area contributed by atoms with Gasteiger partial charge in [-0.05, 0) is 44.1 Å². The van der Waals surface area contributed by atoms with Crippen LogP contribution in [0.3, 0.4) is 0 Å². The Bertz CT molecular complexity index is 161. The summed E-state index contributed by atoms with van der Waals surface area (Å²) in [7, 11) is 0. The van der Waals surface area contributed by atoms with E-state index >= 15 is 0 Å². The predicted octanol–water partition coefficient (Wildman–Crippen LogP) is 4.37. The lowest BCUT2D eigenvalue weighted by Gasteiger charge is -2.15. The number of nitrogens with one attached hydrogen (secondary N) is 1. The Labute approximate surface area is 102 Å². The summed E-state index contributed by atoms with van der Waals surface area (Å²) < 4.78 is 0. The fourth-order valence-corrected chi connectivity index (χ4v) is 2.46. The minimum atomic E-state index is 0.829. The molecule has 0 spiro atoms. The van der Waals surface area contributed by atoms with E-state index in [1.54, 1.807) is 0 Å². The molecule has 1 nitrogen and oxygen atoms in total. The zero-order valence-corrected chi connectivity index (χ0v) is 11.6. The van der Waals surface area contributed by atoms with Crippen LogP contribution in [0.5, 0.6) is 0 Å². The molecule has 0 heterocycles. The molecule has 0 aromatic carbocycles. The molecule has 0 aromatic rings. The van der Waals surface area contributed by atoms with Crippen molar-refractivity contribution in [2.45, 2.75) is 78.2 Å². The van der Waals surface area contributed by atoms with Gasteiger partial charge in [0, 0.05) is 6.04 Å². The first-order chi connectivity index (χ1) is 7.74. The van der Waals surface area contributed by atoms with Crippen LogP contribution in [0, 0.1) is 11.8 Å². The fourth-order valence-electron chi connectivity index (χ4n) is 2.46. The van der Waals surface area contributed by atoms with Crippen molar-refractivity contribution in [1.29, 1.82) is 0 Å². The second kappa shape index (κ2) is 8.11. The van der Waals surface area contributed by atoms with Crippen LogP contribution in [0.1, 0.15) is 72.1 Å². The summed E-state index contributed by atoms with van der Waals surface area (Å²) in [5.41, 5.74) is 0. The number of hydrogen-bond donors (Lipinski definition) is 1. The summed E-state index contributed by atoms with van der Waals surface area (Å²) in [6, 6.07) is 0.829. The van der Waals surface area contributed by atoms with Crippen molar-refractivity contribution in [2.75, 3.05) is 6.54 Å². The zero-order valence-electron chi connectivity index (χ0n) is 11.6. The van der Waals surface area contributed by atoms with Crippen LogP contribution in [0.4, 0.5) is 0 Å². The van der Waals surface area contributed by atoms with Crippen molar-refractivity contribution in [1.82, 2.24) is 5.32 Å². The van der Waals surface area contributed by atoms with Crippen LogP contribution in [-0.2, 0) is 0 Å². The maximum absolute atomic E-state index is 3.73. The Balaban J connectivity index is 1.83. The van der Waals surface area contributed by atoms with Gasteiger partial charge in [-0.2, -0.15) is 0 Å². The molecular weight excluding hydrogens is 194 g/mol. The van der Waals surface area contributed by atoms with E-state index in [0.717, 1.165) is 17.9 Å². The molecule has 0 saturated heterocycles. The molecule has 0 radical (unpaired) electrons. The van der Waals surface area contributed by atoms with E-state index in [4.69, 9.17) is 0 Å². The molecule has 1 heteroatoms. The highest BCUT2D eigenvalue weighted by atomic mass is 14.9. The van der Waals surface area contributed by atoms with Gasteiger partial charge in [-0.15, -0.1) is 0 Å². The van der Waals surface area contributed by atoms with Crippen LogP contribution < -0.4 is 5.32 Å². The number of unbranched alkanes of at least 4 members (excludes halogenated alkanes) is 3. The maximum Gasteiger partial charge on any atom is 0.00927 e. The standard InChI is InChI=1S/C15H31N/c1-4-15(14-10-11-14)16-12-8-6-5-7-9-13(2)3/h13-16H,4-12H2,1-3H3. The number of hydrogen-bond acceptors (Lipinski definition) is 1. The second-order valence-electron chi connectivity index (χ2n) is 5.90. The summed E-state index contributed by atoms with van der Waals surface area (Å²) in [6.45, 7) is 8.21. The normalized spacial score (nSPS) is 18.0. The van der Waals surface area contributed by atoms with Gasteiger partial charge in [-0.1, -0.05) is 46.5 Å². The lowest BCUT2D eigenvalue weighted by Crippen LogP contribution is -2.31. The van der Waals surface area contributed by atoms with Crippen molar-refractivity contribution in [3.63, 3.8) is 0 Å². The van der Waals surface area contributed by atoms with Crippen molar-refractivity contribution in [3.05, 3.63) is 0 Å². The molecule has 96 valence electrons. The largest absolute Gasteiger partial charge is 0.314 e. The van der Waals surface area contributed by atoms with Gasteiger partial charge >= 0.3 is 0 Å². The van der Waals surface area contributed by atoms with Gasteiger partial charge in [0.05, 0.1) is 0 Å². The minimum absolute atomic E-state index is 0.829. The third-order valence-corrected chi connectivity index (χ3v) is 3.75. The van der Waals surface area contributed by atoms with Crippen LogP contribution in [0.2, 0.25) is 0 Å². The third kappa shape index (κ3) is 6.52. The van der Waals surface area contributed by atoms with E-state index in [0.29, 0.717) is 0 Å². The molecule has 16 heavy (non-hydrogen) atoms. The number of rotatable bonds is 10. The highest BCUT2D eigenvalue weighted by Crippen LogP contribution is 2.33. The van der Waals surface area contributed by atoms with Gasteiger partial charge in [0.2, 0.25) is 0 Å². The Morgan fingerprint density at radius 2 is 1.75 bits per heavy atom. The van der Waals surface area contributed by atoms with Crippen LogP contribution in [0.25, 0.3) is 0 Å². The Morgan fingerprint density at radius 3 is 2.31 bits per heavy atom. The highest BCUT2D eigenvalue weighted by Gasteiger charge is 2.28. The van der Waals surface area contributed by atoms with E-state index in [1.165, 1.54) is 57.9 Å². The van der Waals surface area contributed by atoms with Crippen LogP contribution >= 0.6 is 0 Å². The zero-order chi connectivity index (χ0) is 11.8. The van der Waals surface area contributed by atoms with Gasteiger partial charge in [0.25, 0.3) is 0 Å². The lowest BCUT2D eigenvalue weighted by molar-refractivity contribution is 0.436. The van der Waals surface area contributed by atoms with E-state index < -0.39 is 0 Å². The molecule has 1 rings (SSSR count). The Hall–Kier alpha value is -0.0400. The Kier molecular flexibility index (Phi) is 7.11. The summed E-state index contributed by atoms with van der Waals surface area (Å²) in [5.74, 6) is 1.91. The van der Waals surface area contributed by atoms with Gasteiger partial charge < -0.3 is 5.32 Å². The van der Waals surface area contributed by atoms with Crippen molar-refractivity contribution in [2.24, 2.45) is 11.8 Å². The summed E-state index contributed by atoms with van der Waals surface area (Å²) >= 11 is 0. The third-order valence-electron chi connectivity index (χ3n) is 3.75. The maximum atomic E-state index is 3.73. The first kappa shape index (κ1) is 14.0. The second-order valence-corrected chi connectivity index (χ2v) is 5.90. The van der Waals surface area contributed by atoms with Gasteiger partial charge in [-0.3, -0.25) is 0 Å². The average molecular weight is 225 g/mol. The minimum Gasteiger partial charge on any atom is -0.314 e. The lowest BCUT2D eigenvalue weighted by atomic mass is 10.0. The Morgan fingerprint density at radius 1 is 1.06 bits per heavy atom. The smallest absolute Gasteiger partial charge is 0.00927 e. The van der Waals surface area contributed by atoms with Crippen molar-refractivity contribution < 1.29 is 0 Å².